The maximum absolute atomic E-state index is 12.1. The molecular formula is C18H24N2OS. The van der Waals surface area contributed by atoms with Gasteiger partial charge in [-0.25, -0.2) is 0 Å². The molecule has 0 spiro atoms. The second-order valence-electron chi connectivity index (χ2n) is 7.20. The molecule has 118 valence electrons. The smallest absolute Gasteiger partial charge is 0.231 e. The number of carbonyl (C=O) groups is 1. The van der Waals surface area contributed by atoms with Gasteiger partial charge in [0.05, 0.1) is 11.8 Å². The number of rotatable bonds is 5. The molecule has 1 amide bonds. The quantitative estimate of drug-likeness (QED) is 0.839. The summed E-state index contributed by atoms with van der Waals surface area (Å²) in [5, 5.41) is 12.2. The lowest BCUT2D eigenvalue weighted by atomic mass is 9.87. The Kier molecular flexibility index (Phi) is 4.87. The molecule has 1 saturated carbocycles. The van der Waals surface area contributed by atoms with Crippen molar-refractivity contribution >= 4 is 17.7 Å². The zero-order valence-electron chi connectivity index (χ0n) is 13.8. The lowest BCUT2D eigenvalue weighted by molar-refractivity contribution is -0.119. The second-order valence-corrected chi connectivity index (χ2v) is 8.25. The topological polar surface area (TPSA) is 52.9 Å². The molecular weight excluding hydrogens is 292 g/mol. The van der Waals surface area contributed by atoms with Crippen LogP contribution < -0.4 is 5.32 Å². The molecule has 0 unspecified atom stereocenters. The maximum atomic E-state index is 12.1. The molecule has 4 heteroatoms. The fourth-order valence-electron chi connectivity index (χ4n) is 2.41. The number of nitrogens with zero attached hydrogens (tertiary/aromatic N) is 1. The van der Waals surface area contributed by atoms with Gasteiger partial charge in [0.25, 0.3) is 0 Å². The minimum absolute atomic E-state index is 0.0687. The Balaban J connectivity index is 1.87. The van der Waals surface area contributed by atoms with Gasteiger partial charge in [0.2, 0.25) is 5.91 Å². The molecule has 1 fully saturated rings. The number of carbonyl (C=O) groups excluding carboxylic acids is 1. The van der Waals surface area contributed by atoms with Crippen molar-refractivity contribution in [2.45, 2.75) is 56.4 Å². The van der Waals surface area contributed by atoms with Crippen molar-refractivity contribution in [1.29, 1.82) is 5.26 Å². The van der Waals surface area contributed by atoms with Crippen LogP contribution >= 0.6 is 11.8 Å². The summed E-state index contributed by atoms with van der Waals surface area (Å²) >= 11 is 1.51. The first-order valence-corrected chi connectivity index (χ1v) is 8.69. The molecule has 1 aliphatic rings. The Hall–Kier alpha value is -1.47. The normalized spacial score (nSPS) is 17.4. The fourth-order valence-corrected chi connectivity index (χ4v) is 3.11. The average molecular weight is 316 g/mol. The summed E-state index contributed by atoms with van der Waals surface area (Å²) in [6.45, 7) is 8.38. The Morgan fingerprint density at radius 2 is 1.86 bits per heavy atom. The molecule has 0 saturated heterocycles. The molecule has 22 heavy (non-hydrogen) atoms. The van der Waals surface area contributed by atoms with E-state index < -0.39 is 5.54 Å². The standard InChI is InChI=1S/C18H24N2OS/c1-17(2,3)13-7-9-15(10-8-13)22-11-16(21)20-18(4,12-19)14-5-6-14/h7-10,14H,5-6,11H2,1-4H3,(H,20,21)/t18-/m0/s1. The largest absolute Gasteiger partial charge is 0.337 e. The average Bonchev–Trinajstić information content (AvgIpc) is 3.29. The lowest BCUT2D eigenvalue weighted by Gasteiger charge is -2.22. The van der Waals surface area contributed by atoms with E-state index in [0.29, 0.717) is 11.7 Å². The van der Waals surface area contributed by atoms with E-state index in [-0.39, 0.29) is 11.3 Å². The first kappa shape index (κ1) is 16.9. The SMILES string of the molecule is CC(C)(C)c1ccc(SCC(=O)N[C@@](C)(C#N)C2CC2)cc1. The number of nitrogens with one attached hydrogen (secondary N) is 1. The number of hydrogen-bond acceptors (Lipinski definition) is 3. The van der Waals surface area contributed by atoms with E-state index in [4.69, 9.17) is 0 Å². The van der Waals surface area contributed by atoms with Gasteiger partial charge in [0, 0.05) is 4.90 Å². The number of nitriles is 1. The van der Waals surface area contributed by atoms with Gasteiger partial charge in [0.15, 0.2) is 0 Å². The second kappa shape index (κ2) is 6.34. The third-order valence-corrected chi connectivity index (χ3v) is 5.13. The highest BCUT2D eigenvalue weighted by Gasteiger charge is 2.42. The highest BCUT2D eigenvalue weighted by Crippen LogP contribution is 2.39. The van der Waals surface area contributed by atoms with Crippen LogP contribution in [0.2, 0.25) is 0 Å². The Bertz CT molecular complexity index is 579. The van der Waals surface area contributed by atoms with Gasteiger partial charge in [0.1, 0.15) is 5.54 Å². The summed E-state index contributed by atoms with van der Waals surface area (Å²) in [6, 6.07) is 10.6. The van der Waals surface area contributed by atoms with E-state index >= 15 is 0 Å². The van der Waals surface area contributed by atoms with Crippen molar-refractivity contribution in [2.24, 2.45) is 5.92 Å². The number of hydrogen-bond donors (Lipinski definition) is 1. The lowest BCUT2D eigenvalue weighted by Crippen LogP contribution is -2.47. The van der Waals surface area contributed by atoms with Crippen LogP contribution in [-0.2, 0) is 10.2 Å². The van der Waals surface area contributed by atoms with Crippen molar-refractivity contribution in [2.75, 3.05) is 5.75 Å². The van der Waals surface area contributed by atoms with Gasteiger partial charge in [-0.2, -0.15) is 5.26 Å². The molecule has 1 aromatic carbocycles. The predicted octanol–water partition coefficient (Wildman–Crippen LogP) is 3.88. The molecule has 0 radical (unpaired) electrons. The third kappa shape index (κ3) is 4.27. The molecule has 2 rings (SSSR count). The minimum Gasteiger partial charge on any atom is -0.337 e. The van der Waals surface area contributed by atoms with E-state index in [1.165, 1.54) is 17.3 Å². The molecule has 1 atom stereocenters. The van der Waals surface area contributed by atoms with Crippen molar-refractivity contribution in [3.8, 4) is 6.07 Å². The maximum Gasteiger partial charge on any atom is 0.231 e. The van der Waals surface area contributed by atoms with E-state index in [2.05, 4.69) is 56.4 Å². The number of amides is 1. The van der Waals surface area contributed by atoms with Gasteiger partial charge in [-0.3, -0.25) is 4.79 Å². The third-order valence-electron chi connectivity index (χ3n) is 4.12. The van der Waals surface area contributed by atoms with Crippen LogP contribution in [0.4, 0.5) is 0 Å². The number of thioether (sulfide) groups is 1. The van der Waals surface area contributed by atoms with Crippen LogP contribution in [0.5, 0.6) is 0 Å². The summed E-state index contributed by atoms with van der Waals surface area (Å²) in [6.07, 6.45) is 2.07. The summed E-state index contributed by atoms with van der Waals surface area (Å²) in [7, 11) is 0. The van der Waals surface area contributed by atoms with Crippen LogP contribution in [-0.4, -0.2) is 17.2 Å². The zero-order chi connectivity index (χ0) is 16.4. The van der Waals surface area contributed by atoms with Crippen LogP contribution in [0.1, 0.15) is 46.1 Å². The zero-order valence-corrected chi connectivity index (χ0v) is 14.6. The van der Waals surface area contributed by atoms with E-state index in [9.17, 15) is 10.1 Å². The summed E-state index contributed by atoms with van der Waals surface area (Å²) in [5.41, 5.74) is 0.722. The van der Waals surface area contributed by atoms with Gasteiger partial charge >= 0.3 is 0 Å². The molecule has 0 heterocycles. The van der Waals surface area contributed by atoms with Gasteiger partial charge in [-0.05, 0) is 48.8 Å². The molecule has 1 N–H and O–H groups in total. The minimum atomic E-state index is -0.701. The Labute approximate surface area is 137 Å². The van der Waals surface area contributed by atoms with Crippen LogP contribution in [0.3, 0.4) is 0 Å². The molecule has 0 aromatic heterocycles. The van der Waals surface area contributed by atoms with Crippen molar-refractivity contribution in [3.05, 3.63) is 29.8 Å². The highest BCUT2D eigenvalue weighted by molar-refractivity contribution is 8.00. The van der Waals surface area contributed by atoms with E-state index in [0.717, 1.165) is 17.7 Å². The van der Waals surface area contributed by atoms with Crippen LogP contribution in [0.25, 0.3) is 0 Å². The Morgan fingerprint density at radius 1 is 1.27 bits per heavy atom. The van der Waals surface area contributed by atoms with Gasteiger partial charge in [-0.1, -0.05) is 32.9 Å². The summed E-state index contributed by atoms with van der Waals surface area (Å²) in [5.74, 6) is 0.595. The molecule has 0 bridgehead atoms. The van der Waals surface area contributed by atoms with Crippen LogP contribution in [0.15, 0.2) is 29.2 Å². The predicted molar refractivity (Wildman–Crippen MR) is 90.8 cm³/mol. The molecule has 1 aromatic rings. The molecule has 0 aliphatic heterocycles. The fraction of sp³-hybridized carbons (Fsp3) is 0.556. The van der Waals surface area contributed by atoms with E-state index in [1.54, 1.807) is 0 Å². The van der Waals surface area contributed by atoms with Gasteiger partial charge in [-0.15, -0.1) is 11.8 Å². The molecule has 3 nitrogen and oxygen atoms in total. The number of benzene rings is 1. The van der Waals surface area contributed by atoms with Crippen molar-refractivity contribution < 1.29 is 4.79 Å². The summed E-state index contributed by atoms with van der Waals surface area (Å²) < 4.78 is 0. The van der Waals surface area contributed by atoms with Crippen molar-refractivity contribution in [3.63, 3.8) is 0 Å². The monoisotopic (exact) mass is 316 g/mol. The van der Waals surface area contributed by atoms with Gasteiger partial charge < -0.3 is 5.32 Å². The Morgan fingerprint density at radius 3 is 2.32 bits per heavy atom. The van der Waals surface area contributed by atoms with E-state index in [1.807, 2.05) is 6.92 Å². The summed E-state index contributed by atoms with van der Waals surface area (Å²) in [4.78, 5) is 13.1. The highest BCUT2D eigenvalue weighted by atomic mass is 32.2. The first-order chi connectivity index (χ1) is 10.2. The molecule has 1 aliphatic carbocycles. The van der Waals surface area contributed by atoms with Crippen molar-refractivity contribution in [1.82, 2.24) is 5.32 Å². The first-order valence-electron chi connectivity index (χ1n) is 7.70. The van der Waals surface area contributed by atoms with Crippen LogP contribution in [0, 0.1) is 17.2 Å².